The predicted octanol–water partition coefficient (Wildman–Crippen LogP) is 1.81. The zero-order valence-corrected chi connectivity index (χ0v) is 9.64. The summed E-state index contributed by atoms with van der Waals surface area (Å²) in [4.78, 5) is 5.03. The van der Waals surface area contributed by atoms with Gasteiger partial charge in [0, 0.05) is 12.1 Å². The van der Waals surface area contributed by atoms with Crippen molar-refractivity contribution in [3.05, 3.63) is 0 Å². The fraction of sp³-hybridized carbons (Fsp3) is 1.00. The fourth-order valence-electron chi connectivity index (χ4n) is 2.14. The van der Waals surface area contributed by atoms with Gasteiger partial charge < -0.3 is 4.90 Å². The van der Waals surface area contributed by atoms with Gasteiger partial charge in [-0.2, -0.15) is 0 Å². The number of likely N-dealkylation sites (tertiary alicyclic amines) is 1. The molecule has 2 nitrogen and oxygen atoms in total. The van der Waals surface area contributed by atoms with E-state index in [1.54, 1.807) is 0 Å². The first-order valence-electron chi connectivity index (χ1n) is 5.50. The van der Waals surface area contributed by atoms with Crippen LogP contribution in [0.15, 0.2) is 0 Å². The molecule has 1 fully saturated rings. The molecule has 0 amide bonds. The van der Waals surface area contributed by atoms with Crippen molar-refractivity contribution in [1.29, 1.82) is 0 Å². The minimum atomic E-state index is 0.377. The van der Waals surface area contributed by atoms with Crippen LogP contribution < -0.4 is 0 Å². The van der Waals surface area contributed by atoms with Gasteiger partial charge in [0.2, 0.25) is 0 Å². The van der Waals surface area contributed by atoms with E-state index in [0.29, 0.717) is 5.54 Å². The highest BCUT2D eigenvalue weighted by Gasteiger charge is 2.31. The lowest BCUT2D eigenvalue weighted by Gasteiger charge is -2.46. The monoisotopic (exact) mass is 184 g/mol. The lowest BCUT2D eigenvalue weighted by atomic mass is 9.97. The molecule has 78 valence electrons. The lowest BCUT2D eigenvalue weighted by molar-refractivity contribution is 0.0318. The zero-order chi connectivity index (χ0) is 9.90. The molecule has 0 aliphatic carbocycles. The van der Waals surface area contributed by atoms with E-state index in [-0.39, 0.29) is 0 Å². The van der Waals surface area contributed by atoms with Crippen LogP contribution in [0, 0.1) is 0 Å². The van der Waals surface area contributed by atoms with Gasteiger partial charge in [0.15, 0.2) is 0 Å². The normalized spacial score (nSPS) is 19.2. The minimum Gasteiger partial charge on any atom is -0.305 e. The molecule has 1 heterocycles. The second-order valence-electron chi connectivity index (χ2n) is 4.89. The van der Waals surface area contributed by atoms with Crippen molar-refractivity contribution in [2.75, 3.05) is 33.2 Å². The van der Waals surface area contributed by atoms with E-state index in [2.05, 4.69) is 37.6 Å². The highest BCUT2D eigenvalue weighted by Crippen LogP contribution is 2.21. The van der Waals surface area contributed by atoms with E-state index in [4.69, 9.17) is 0 Å². The molecule has 0 N–H and O–H groups in total. The average Bonchev–Trinajstić information content (AvgIpc) is 1.79. The molecule has 1 aliphatic rings. The second kappa shape index (κ2) is 4.43. The van der Waals surface area contributed by atoms with Crippen molar-refractivity contribution in [2.24, 2.45) is 0 Å². The van der Waals surface area contributed by atoms with Gasteiger partial charge in [-0.15, -0.1) is 0 Å². The third-order valence-electron chi connectivity index (χ3n) is 2.97. The Labute approximate surface area is 82.9 Å². The highest BCUT2D eigenvalue weighted by atomic mass is 15.3. The Morgan fingerprint density at radius 2 is 1.92 bits per heavy atom. The molecule has 13 heavy (non-hydrogen) atoms. The first kappa shape index (κ1) is 11.0. The Morgan fingerprint density at radius 3 is 2.31 bits per heavy atom. The minimum absolute atomic E-state index is 0.377. The van der Waals surface area contributed by atoms with Gasteiger partial charge in [-0.25, -0.2) is 0 Å². The van der Waals surface area contributed by atoms with E-state index in [9.17, 15) is 0 Å². The molecule has 0 unspecified atom stereocenters. The van der Waals surface area contributed by atoms with Crippen molar-refractivity contribution in [3.63, 3.8) is 0 Å². The van der Waals surface area contributed by atoms with Gasteiger partial charge >= 0.3 is 0 Å². The summed E-state index contributed by atoms with van der Waals surface area (Å²) < 4.78 is 0. The Hall–Kier alpha value is -0.0800. The lowest BCUT2D eigenvalue weighted by Crippen LogP contribution is -2.56. The molecule has 0 bridgehead atoms. The molecule has 0 atom stereocenters. The largest absolute Gasteiger partial charge is 0.305 e. The van der Waals surface area contributed by atoms with Gasteiger partial charge in [0.25, 0.3) is 0 Å². The second-order valence-corrected chi connectivity index (χ2v) is 4.89. The van der Waals surface area contributed by atoms with Crippen LogP contribution in [0.4, 0.5) is 0 Å². The number of hydrogen-bond acceptors (Lipinski definition) is 2. The van der Waals surface area contributed by atoms with Crippen molar-refractivity contribution in [3.8, 4) is 0 Å². The summed E-state index contributed by atoms with van der Waals surface area (Å²) >= 11 is 0. The van der Waals surface area contributed by atoms with Crippen LogP contribution in [0.2, 0.25) is 0 Å². The summed E-state index contributed by atoms with van der Waals surface area (Å²) in [5, 5.41) is 0. The van der Waals surface area contributed by atoms with E-state index in [1.165, 1.54) is 39.0 Å². The van der Waals surface area contributed by atoms with Gasteiger partial charge in [-0.05, 0) is 53.4 Å². The molecule has 0 spiro atoms. The quantitative estimate of drug-likeness (QED) is 0.643. The van der Waals surface area contributed by atoms with E-state index in [1.807, 2.05) is 0 Å². The molecule has 2 heteroatoms. The number of hydrogen-bond donors (Lipinski definition) is 0. The predicted molar refractivity (Wildman–Crippen MR) is 58.1 cm³/mol. The molecule has 0 radical (unpaired) electrons. The van der Waals surface area contributed by atoms with Gasteiger partial charge in [0.1, 0.15) is 0 Å². The smallest absolute Gasteiger partial charge is 0.0280 e. The molecule has 0 saturated carbocycles. The van der Waals surface area contributed by atoms with Crippen LogP contribution in [0.3, 0.4) is 0 Å². The summed E-state index contributed by atoms with van der Waals surface area (Å²) in [6.45, 7) is 12.0. The van der Waals surface area contributed by atoms with Crippen LogP contribution in [0.5, 0.6) is 0 Å². The van der Waals surface area contributed by atoms with Crippen LogP contribution in [0.25, 0.3) is 0 Å². The van der Waals surface area contributed by atoms with E-state index < -0.39 is 0 Å². The third kappa shape index (κ3) is 2.96. The number of rotatable bonds is 5. The molecular weight excluding hydrogens is 160 g/mol. The van der Waals surface area contributed by atoms with Crippen molar-refractivity contribution >= 4 is 0 Å². The van der Waals surface area contributed by atoms with Gasteiger partial charge in [-0.1, -0.05) is 6.92 Å². The third-order valence-corrected chi connectivity index (χ3v) is 2.97. The Kier molecular flexibility index (Phi) is 3.74. The van der Waals surface area contributed by atoms with Crippen molar-refractivity contribution in [2.45, 2.75) is 39.2 Å². The summed E-state index contributed by atoms with van der Waals surface area (Å²) in [5.74, 6) is 0. The van der Waals surface area contributed by atoms with Crippen LogP contribution >= 0.6 is 0 Å². The molecule has 0 aromatic carbocycles. The molecule has 1 aliphatic heterocycles. The SMILES string of the molecule is CCCN(C)CC(C)(C)N1CCC1. The molecule has 1 rings (SSSR count). The first-order chi connectivity index (χ1) is 6.06. The molecule has 1 saturated heterocycles. The Balaban J connectivity index is 2.31. The maximum absolute atomic E-state index is 2.58. The highest BCUT2D eigenvalue weighted by molar-refractivity contribution is 4.88. The zero-order valence-electron chi connectivity index (χ0n) is 9.64. The number of nitrogens with zero attached hydrogens (tertiary/aromatic N) is 2. The Morgan fingerprint density at radius 1 is 1.31 bits per heavy atom. The first-order valence-corrected chi connectivity index (χ1v) is 5.50. The molecule has 0 aromatic heterocycles. The topological polar surface area (TPSA) is 6.48 Å². The van der Waals surface area contributed by atoms with Crippen LogP contribution in [-0.2, 0) is 0 Å². The van der Waals surface area contributed by atoms with Crippen LogP contribution in [0.1, 0.15) is 33.6 Å². The summed E-state index contributed by atoms with van der Waals surface area (Å²) in [5.41, 5.74) is 0.377. The maximum Gasteiger partial charge on any atom is 0.0280 e. The van der Waals surface area contributed by atoms with Gasteiger partial charge in [-0.3, -0.25) is 4.90 Å². The molecule has 0 aromatic rings. The fourth-order valence-corrected chi connectivity index (χ4v) is 2.14. The van der Waals surface area contributed by atoms with Crippen LogP contribution in [-0.4, -0.2) is 48.6 Å². The summed E-state index contributed by atoms with van der Waals surface area (Å²) in [7, 11) is 2.23. The number of likely N-dealkylation sites (N-methyl/N-ethyl adjacent to an activating group) is 1. The Bertz CT molecular complexity index is 150. The summed E-state index contributed by atoms with van der Waals surface area (Å²) in [6.07, 6.45) is 2.65. The molecular formula is C11H24N2. The van der Waals surface area contributed by atoms with Gasteiger partial charge in [0.05, 0.1) is 0 Å². The average molecular weight is 184 g/mol. The van der Waals surface area contributed by atoms with E-state index in [0.717, 1.165) is 0 Å². The van der Waals surface area contributed by atoms with Crippen molar-refractivity contribution < 1.29 is 0 Å². The standard InChI is InChI=1S/C11H24N2/c1-5-7-12(4)10-11(2,3)13-8-6-9-13/h5-10H2,1-4H3. The van der Waals surface area contributed by atoms with E-state index >= 15 is 0 Å². The van der Waals surface area contributed by atoms with Crippen molar-refractivity contribution in [1.82, 2.24) is 9.80 Å². The summed E-state index contributed by atoms with van der Waals surface area (Å²) in [6, 6.07) is 0. The maximum atomic E-state index is 2.58.